The van der Waals surface area contributed by atoms with Crippen LogP contribution >= 0.6 is 0 Å². The molecular weight excluding hydrogens is 747 g/mol. The molecule has 1 unspecified atom stereocenters. The van der Waals surface area contributed by atoms with Crippen molar-refractivity contribution in [2.45, 2.75) is 6.17 Å². The van der Waals surface area contributed by atoms with E-state index in [2.05, 4.69) is 196 Å². The summed E-state index contributed by atoms with van der Waals surface area (Å²) in [5, 5.41) is 13.0. The smallest absolute Gasteiger partial charge is 0.163 e. The van der Waals surface area contributed by atoms with Crippen molar-refractivity contribution in [1.29, 1.82) is 0 Å². The maximum absolute atomic E-state index is 6.79. The zero-order chi connectivity index (χ0) is 40.0. The molecule has 0 spiro atoms. The lowest BCUT2D eigenvalue weighted by Gasteiger charge is -2.24. The van der Waals surface area contributed by atoms with Gasteiger partial charge in [-0.3, -0.25) is 0 Å². The molecule has 1 aliphatic rings. The third-order valence-electron chi connectivity index (χ3n) is 12.3. The number of benzene rings is 9. The number of para-hydroxylation sites is 4. The summed E-state index contributed by atoms with van der Waals surface area (Å²) in [6, 6.07) is 70.9. The maximum Gasteiger partial charge on any atom is 0.163 e. The van der Waals surface area contributed by atoms with Crippen LogP contribution in [-0.4, -0.2) is 20.8 Å². The van der Waals surface area contributed by atoms with E-state index < -0.39 is 6.17 Å². The number of hydrogen-bond donors (Lipinski definition) is 1. The molecule has 1 aliphatic heterocycles. The van der Waals surface area contributed by atoms with Crippen LogP contribution in [0.25, 0.3) is 87.7 Å². The first kappa shape index (κ1) is 33.7. The average molecular weight is 782 g/mol. The fraction of sp³-hybridized carbons (Fsp3) is 0.0182. The molecule has 6 nitrogen and oxygen atoms in total. The second kappa shape index (κ2) is 13.1. The molecule has 0 bridgehead atoms. The Hall–Kier alpha value is -8.22. The molecule has 0 saturated carbocycles. The van der Waals surface area contributed by atoms with Crippen molar-refractivity contribution < 1.29 is 4.42 Å². The van der Waals surface area contributed by atoms with Gasteiger partial charge in [0.25, 0.3) is 0 Å². The molecule has 0 amide bonds. The van der Waals surface area contributed by atoms with E-state index in [1.807, 2.05) is 18.2 Å². The number of furan rings is 1. The Morgan fingerprint density at radius 2 is 1.05 bits per heavy atom. The summed E-state index contributed by atoms with van der Waals surface area (Å²) in [6.45, 7) is 0. The zero-order valence-corrected chi connectivity index (χ0v) is 32.8. The van der Waals surface area contributed by atoms with Crippen LogP contribution in [0, 0.1) is 0 Å². The first-order chi connectivity index (χ1) is 30.2. The second-order valence-electron chi connectivity index (χ2n) is 15.8. The molecule has 13 rings (SSSR count). The van der Waals surface area contributed by atoms with Crippen LogP contribution < -0.4 is 5.32 Å². The van der Waals surface area contributed by atoms with E-state index >= 15 is 0 Å². The number of fused-ring (bicyclic) bond motifs is 10. The number of nitrogens with zero attached hydrogens (tertiary/aromatic N) is 4. The molecule has 286 valence electrons. The number of nitrogens with one attached hydrogen (secondary N) is 1. The van der Waals surface area contributed by atoms with Crippen molar-refractivity contribution >= 4 is 88.0 Å². The Balaban J connectivity index is 1.06. The summed E-state index contributed by atoms with van der Waals surface area (Å²) < 4.78 is 11.5. The molecule has 1 N–H and O–H groups in total. The van der Waals surface area contributed by atoms with Gasteiger partial charge in [0.15, 0.2) is 5.84 Å². The predicted molar refractivity (Wildman–Crippen MR) is 252 cm³/mol. The summed E-state index contributed by atoms with van der Waals surface area (Å²) in [6.07, 6.45) is -0.436. The van der Waals surface area contributed by atoms with E-state index in [9.17, 15) is 0 Å². The van der Waals surface area contributed by atoms with Crippen molar-refractivity contribution in [2.24, 2.45) is 9.98 Å². The highest BCUT2D eigenvalue weighted by molar-refractivity contribution is 6.21. The topological polar surface area (TPSA) is 59.8 Å². The van der Waals surface area contributed by atoms with Gasteiger partial charge in [-0.05, 0) is 83.1 Å². The lowest BCUT2D eigenvalue weighted by atomic mass is 10.0. The molecule has 12 aromatic rings. The van der Waals surface area contributed by atoms with Gasteiger partial charge in [-0.15, -0.1) is 0 Å². The molecule has 0 fully saturated rings. The summed E-state index contributed by atoms with van der Waals surface area (Å²) >= 11 is 0. The number of hydrogen-bond acceptors (Lipinski definition) is 4. The fourth-order valence-electron chi connectivity index (χ4n) is 9.54. The first-order valence-corrected chi connectivity index (χ1v) is 20.7. The highest BCUT2D eigenvalue weighted by atomic mass is 16.3. The second-order valence-corrected chi connectivity index (χ2v) is 15.8. The Labute approximate surface area is 349 Å². The summed E-state index contributed by atoms with van der Waals surface area (Å²) in [7, 11) is 0. The normalized spacial score (nSPS) is 14.4. The minimum atomic E-state index is -0.436. The van der Waals surface area contributed by atoms with Crippen LogP contribution in [0.1, 0.15) is 22.9 Å². The van der Waals surface area contributed by atoms with Crippen LogP contribution in [0.3, 0.4) is 0 Å². The molecule has 0 saturated heterocycles. The third kappa shape index (κ3) is 5.22. The lowest BCUT2D eigenvalue weighted by Crippen LogP contribution is -2.33. The van der Waals surface area contributed by atoms with Gasteiger partial charge in [-0.1, -0.05) is 133 Å². The molecule has 9 aromatic carbocycles. The van der Waals surface area contributed by atoms with Crippen molar-refractivity contribution in [3.05, 3.63) is 217 Å². The van der Waals surface area contributed by atoms with Crippen LogP contribution in [0.2, 0.25) is 0 Å². The fourth-order valence-corrected chi connectivity index (χ4v) is 9.54. The van der Waals surface area contributed by atoms with E-state index in [4.69, 9.17) is 14.4 Å². The van der Waals surface area contributed by atoms with Gasteiger partial charge in [-0.25, -0.2) is 9.98 Å². The number of rotatable bonds is 5. The van der Waals surface area contributed by atoms with E-state index in [1.54, 1.807) is 0 Å². The Kier molecular flexibility index (Phi) is 7.27. The van der Waals surface area contributed by atoms with Gasteiger partial charge >= 0.3 is 0 Å². The van der Waals surface area contributed by atoms with E-state index in [1.165, 1.54) is 32.3 Å². The highest BCUT2D eigenvalue weighted by Gasteiger charge is 2.26. The van der Waals surface area contributed by atoms with Crippen molar-refractivity contribution in [1.82, 2.24) is 14.5 Å². The summed E-state index contributed by atoms with van der Waals surface area (Å²) in [5.41, 5.74) is 11.1. The monoisotopic (exact) mass is 781 g/mol. The largest absolute Gasteiger partial charge is 0.455 e. The minimum Gasteiger partial charge on any atom is -0.455 e. The van der Waals surface area contributed by atoms with Crippen LogP contribution in [-0.2, 0) is 0 Å². The lowest BCUT2D eigenvalue weighted by molar-refractivity contribution is 0.663. The maximum atomic E-state index is 6.79. The standard InChI is InChI=1S/C55H35N5O/c1-3-15-34(16-4-1)53-56-54(37-27-28-49-43(30-37)40-21-9-12-24-47(40)59(49)38-19-5-2-6-20-38)58-55(57-53)46-33-39(32-45-42-23-11-14-26-51(42)61-52(45)46)60-48-25-13-10-22-41(48)44-29-35-17-7-8-18-36(35)31-50(44)60/h1-33,54H,(H,56,57,58). The SMILES string of the molecule is c1ccc(C2=NC(c3cc(-n4c5ccccc5c5cc6ccccc6cc54)cc4c3oc3ccccc34)=NC(c3ccc4c(c3)c3ccccc3n4-c3ccccc3)N2)cc1. The Morgan fingerprint density at radius 1 is 0.443 bits per heavy atom. The van der Waals surface area contributed by atoms with Crippen LogP contribution in [0.5, 0.6) is 0 Å². The number of amidine groups is 2. The van der Waals surface area contributed by atoms with E-state index in [-0.39, 0.29) is 0 Å². The van der Waals surface area contributed by atoms with Crippen molar-refractivity contribution in [3.63, 3.8) is 0 Å². The average Bonchev–Trinajstić information content (AvgIpc) is 3.98. The highest BCUT2D eigenvalue weighted by Crippen LogP contribution is 2.40. The summed E-state index contributed by atoms with van der Waals surface area (Å²) in [4.78, 5) is 10.8. The van der Waals surface area contributed by atoms with E-state index in [0.29, 0.717) is 5.84 Å². The van der Waals surface area contributed by atoms with Gasteiger partial charge in [-0.2, -0.15) is 0 Å². The first-order valence-electron chi connectivity index (χ1n) is 20.7. The molecular formula is C55H35N5O. The predicted octanol–water partition coefficient (Wildman–Crippen LogP) is 13.4. The molecule has 0 aliphatic carbocycles. The van der Waals surface area contributed by atoms with Gasteiger partial charge in [0.2, 0.25) is 0 Å². The number of aliphatic imine (C=N–C) groups is 2. The van der Waals surface area contributed by atoms with Gasteiger partial charge in [0.05, 0.1) is 27.6 Å². The number of aromatic nitrogens is 2. The van der Waals surface area contributed by atoms with Crippen molar-refractivity contribution in [3.8, 4) is 11.4 Å². The minimum absolute atomic E-state index is 0.436. The quantitative estimate of drug-likeness (QED) is 0.189. The van der Waals surface area contributed by atoms with Gasteiger partial charge < -0.3 is 18.9 Å². The Morgan fingerprint density at radius 3 is 1.82 bits per heavy atom. The molecule has 1 atom stereocenters. The van der Waals surface area contributed by atoms with Crippen LogP contribution in [0.4, 0.5) is 0 Å². The van der Waals surface area contributed by atoms with Crippen LogP contribution in [0.15, 0.2) is 215 Å². The van der Waals surface area contributed by atoms with Crippen molar-refractivity contribution in [2.75, 3.05) is 0 Å². The molecule has 4 heterocycles. The molecule has 6 heteroatoms. The third-order valence-corrected chi connectivity index (χ3v) is 12.3. The van der Waals surface area contributed by atoms with Gasteiger partial charge in [0, 0.05) is 49.3 Å². The molecule has 3 aromatic heterocycles. The zero-order valence-electron chi connectivity index (χ0n) is 32.8. The van der Waals surface area contributed by atoms with Gasteiger partial charge in [0.1, 0.15) is 23.2 Å². The molecule has 61 heavy (non-hydrogen) atoms. The molecule has 0 radical (unpaired) electrons. The Bertz CT molecular complexity index is 3800. The van der Waals surface area contributed by atoms with E-state index in [0.717, 1.165) is 77.9 Å². The summed E-state index contributed by atoms with van der Waals surface area (Å²) in [5.74, 6) is 1.35.